The molecule has 0 amide bonds. The summed E-state index contributed by atoms with van der Waals surface area (Å²) in [5, 5.41) is 13.6. The van der Waals surface area contributed by atoms with Crippen LogP contribution in [0.4, 0.5) is 0 Å². The van der Waals surface area contributed by atoms with E-state index in [1.165, 1.54) is 5.69 Å². The largest absolute Gasteiger partial charge is 0.390 e. The third kappa shape index (κ3) is 2.59. The van der Waals surface area contributed by atoms with Crippen molar-refractivity contribution in [2.45, 2.75) is 59.1 Å². The van der Waals surface area contributed by atoms with Gasteiger partial charge in [0.05, 0.1) is 17.8 Å². The molecule has 0 spiro atoms. The summed E-state index contributed by atoms with van der Waals surface area (Å²) in [4.78, 5) is 0. The van der Waals surface area contributed by atoms with Gasteiger partial charge in [-0.15, -0.1) is 0 Å². The van der Waals surface area contributed by atoms with Crippen LogP contribution in [0.3, 0.4) is 0 Å². The van der Waals surface area contributed by atoms with Crippen LogP contribution in [0.15, 0.2) is 6.07 Å². The van der Waals surface area contributed by atoms with Crippen molar-refractivity contribution in [3.63, 3.8) is 0 Å². The highest BCUT2D eigenvalue weighted by Gasteiger charge is 2.26. The third-order valence-electron chi connectivity index (χ3n) is 2.33. The molecular formula is C12H22N2O. The van der Waals surface area contributed by atoms with E-state index in [1.54, 1.807) is 0 Å². The van der Waals surface area contributed by atoms with Gasteiger partial charge in [0.2, 0.25) is 0 Å². The zero-order chi connectivity index (χ0) is 11.9. The summed E-state index contributed by atoms with van der Waals surface area (Å²) in [6, 6.07) is 1.99. The Kier molecular flexibility index (Phi) is 2.97. The van der Waals surface area contributed by atoms with Crippen molar-refractivity contribution in [3.8, 4) is 0 Å². The van der Waals surface area contributed by atoms with E-state index in [0.29, 0.717) is 0 Å². The smallest absolute Gasteiger partial charge is 0.0882 e. The Morgan fingerprint density at radius 2 is 1.73 bits per heavy atom. The van der Waals surface area contributed by atoms with E-state index in [9.17, 15) is 0 Å². The predicted molar refractivity (Wildman–Crippen MR) is 61.8 cm³/mol. The highest BCUT2D eigenvalue weighted by Crippen LogP contribution is 2.27. The van der Waals surface area contributed by atoms with Crippen LogP contribution >= 0.6 is 0 Å². The Bertz CT molecular complexity index is 308. The number of hydrogen-bond acceptors (Lipinski definition) is 2. The molecule has 0 aromatic carbocycles. The van der Waals surface area contributed by atoms with Crippen molar-refractivity contribution >= 4 is 0 Å². The van der Waals surface area contributed by atoms with Crippen LogP contribution in [0.1, 0.15) is 52.9 Å². The molecule has 1 aromatic rings. The first-order valence-corrected chi connectivity index (χ1v) is 5.37. The van der Waals surface area contributed by atoms with E-state index in [1.807, 2.05) is 10.7 Å². The Morgan fingerprint density at radius 1 is 1.20 bits per heavy atom. The van der Waals surface area contributed by atoms with Crippen LogP contribution < -0.4 is 0 Å². The molecule has 0 aliphatic carbocycles. The van der Waals surface area contributed by atoms with Gasteiger partial charge < -0.3 is 5.11 Å². The molecule has 1 N–H and O–H groups in total. The van der Waals surface area contributed by atoms with Gasteiger partial charge in [-0.2, -0.15) is 5.10 Å². The van der Waals surface area contributed by atoms with Gasteiger partial charge in [-0.1, -0.05) is 20.8 Å². The minimum absolute atomic E-state index is 0.00611. The molecule has 0 bridgehead atoms. The summed E-state index contributed by atoms with van der Waals surface area (Å²) in [5.41, 5.74) is 1.91. The molecule has 1 rings (SSSR count). The second kappa shape index (κ2) is 3.63. The zero-order valence-electron chi connectivity index (χ0n) is 10.6. The molecular weight excluding hydrogens is 188 g/mol. The molecule has 3 nitrogen and oxygen atoms in total. The first kappa shape index (κ1) is 12.2. The molecule has 86 valence electrons. The molecule has 0 aliphatic rings. The van der Waals surface area contributed by atoms with Gasteiger partial charge in [-0.05, 0) is 26.8 Å². The van der Waals surface area contributed by atoms with Crippen LogP contribution in [0.25, 0.3) is 0 Å². The van der Waals surface area contributed by atoms with E-state index < -0.39 is 0 Å². The summed E-state index contributed by atoms with van der Waals surface area (Å²) < 4.78 is 2.01. The van der Waals surface area contributed by atoms with Gasteiger partial charge in [0.25, 0.3) is 0 Å². The zero-order valence-corrected chi connectivity index (χ0v) is 10.6. The van der Waals surface area contributed by atoms with Crippen molar-refractivity contribution in [1.82, 2.24) is 9.78 Å². The van der Waals surface area contributed by atoms with Crippen molar-refractivity contribution < 1.29 is 5.11 Å². The Balaban J connectivity index is 3.31. The van der Waals surface area contributed by atoms with Gasteiger partial charge in [0, 0.05) is 11.1 Å². The number of hydrogen-bond donors (Lipinski definition) is 1. The van der Waals surface area contributed by atoms with E-state index in [2.05, 4.69) is 46.6 Å². The van der Waals surface area contributed by atoms with Crippen LogP contribution in [0.5, 0.6) is 0 Å². The fraction of sp³-hybridized carbons (Fsp3) is 0.750. The molecule has 0 unspecified atom stereocenters. The number of aliphatic hydroxyl groups excluding tert-OH is 1. The summed E-state index contributed by atoms with van der Waals surface area (Å²) in [7, 11) is 0. The van der Waals surface area contributed by atoms with Gasteiger partial charge in [0.15, 0.2) is 0 Å². The molecule has 1 heterocycles. The topological polar surface area (TPSA) is 38.1 Å². The lowest BCUT2D eigenvalue weighted by Crippen LogP contribution is -2.30. The van der Waals surface area contributed by atoms with E-state index in [-0.39, 0.29) is 17.6 Å². The molecule has 0 saturated heterocycles. The van der Waals surface area contributed by atoms with E-state index >= 15 is 0 Å². The number of nitrogens with zero attached hydrogens (tertiary/aromatic N) is 2. The maximum atomic E-state index is 9.13. The van der Waals surface area contributed by atoms with Crippen molar-refractivity contribution in [2.24, 2.45) is 0 Å². The Labute approximate surface area is 92.1 Å². The number of aromatic nitrogens is 2. The van der Waals surface area contributed by atoms with Crippen LogP contribution in [-0.4, -0.2) is 14.9 Å². The second-order valence-electron chi connectivity index (χ2n) is 6.01. The van der Waals surface area contributed by atoms with Gasteiger partial charge in [-0.25, -0.2) is 0 Å². The second-order valence-corrected chi connectivity index (χ2v) is 6.01. The molecule has 1 aromatic heterocycles. The third-order valence-corrected chi connectivity index (χ3v) is 2.33. The van der Waals surface area contributed by atoms with Crippen molar-refractivity contribution in [2.75, 3.05) is 0 Å². The molecule has 0 saturated carbocycles. The van der Waals surface area contributed by atoms with Crippen LogP contribution in [-0.2, 0) is 17.6 Å². The van der Waals surface area contributed by atoms with Crippen LogP contribution in [0, 0.1) is 0 Å². The average molecular weight is 210 g/mol. The lowest BCUT2D eigenvalue weighted by molar-refractivity contribution is 0.268. The quantitative estimate of drug-likeness (QED) is 0.773. The molecule has 0 aliphatic heterocycles. The van der Waals surface area contributed by atoms with Crippen molar-refractivity contribution in [3.05, 3.63) is 17.5 Å². The molecule has 0 radical (unpaired) electrons. The van der Waals surface area contributed by atoms with E-state index in [0.717, 1.165) is 5.69 Å². The van der Waals surface area contributed by atoms with Crippen LogP contribution in [0.2, 0.25) is 0 Å². The molecule has 3 heteroatoms. The van der Waals surface area contributed by atoms with Crippen molar-refractivity contribution in [1.29, 1.82) is 0 Å². The predicted octanol–water partition coefficient (Wildman–Crippen LogP) is 2.43. The normalized spacial score (nSPS) is 13.3. The Hall–Kier alpha value is -0.830. The molecule has 0 atom stereocenters. The number of aliphatic hydroxyl groups is 1. The summed E-state index contributed by atoms with van der Waals surface area (Å²) >= 11 is 0. The fourth-order valence-corrected chi connectivity index (χ4v) is 1.55. The maximum absolute atomic E-state index is 9.13. The monoisotopic (exact) mass is 210 g/mol. The summed E-state index contributed by atoms with van der Waals surface area (Å²) in [6.07, 6.45) is 0. The highest BCUT2D eigenvalue weighted by molar-refractivity contribution is 5.19. The summed E-state index contributed by atoms with van der Waals surface area (Å²) in [5.74, 6) is 0. The summed E-state index contributed by atoms with van der Waals surface area (Å²) in [6.45, 7) is 12.9. The highest BCUT2D eigenvalue weighted by atomic mass is 16.3. The maximum Gasteiger partial charge on any atom is 0.0882 e. The Morgan fingerprint density at radius 3 is 2.00 bits per heavy atom. The van der Waals surface area contributed by atoms with Gasteiger partial charge in [0.1, 0.15) is 0 Å². The SMILES string of the molecule is CC(C)(C)c1cc(CO)nn1C(C)(C)C. The lowest BCUT2D eigenvalue weighted by Gasteiger charge is -2.28. The molecule has 0 fully saturated rings. The van der Waals surface area contributed by atoms with E-state index in [4.69, 9.17) is 5.11 Å². The minimum Gasteiger partial charge on any atom is -0.390 e. The minimum atomic E-state index is -0.0456. The van der Waals surface area contributed by atoms with Gasteiger partial charge in [-0.3, -0.25) is 4.68 Å². The first-order valence-electron chi connectivity index (χ1n) is 5.37. The standard InChI is InChI=1S/C12H22N2O/c1-11(2,3)10-7-9(8-15)13-14(10)12(4,5)6/h7,15H,8H2,1-6H3. The average Bonchev–Trinajstić information content (AvgIpc) is 2.44. The van der Waals surface area contributed by atoms with Gasteiger partial charge >= 0.3 is 0 Å². The first-order chi connectivity index (χ1) is 6.66. The molecule has 15 heavy (non-hydrogen) atoms. The fourth-order valence-electron chi connectivity index (χ4n) is 1.55. The number of rotatable bonds is 1. The lowest BCUT2D eigenvalue weighted by atomic mass is 9.90.